The number of nitrogens with zero attached hydrogens (tertiary/aromatic N) is 3. The van der Waals surface area contributed by atoms with E-state index in [1.165, 1.54) is 35.9 Å². The summed E-state index contributed by atoms with van der Waals surface area (Å²) in [5.74, 6) is 2.66. The number of urea groups is 1. The van der Waals surface area contributed by atoms with Crippen molar-refractivity contribution in [1.82, 2.24) is 14.6 Å². The van der Waals surface area contributed by atoms with Gasteiger partial charge in [0.25, 0.3) is 0 Å². The quantitative estimate of drug-likeness (QED) is 0.474. The zero-order chi connectivity index (χ0) is 24.0. The molecule has 1 aliphatic carbocycles. The molecular formula is C27H35N5O2S. The van der Waals surface area contributed by atoms with Crippen molar-refractivity contribution in [2.45, 2.75) is 38.1 Å². The topological polar surface area (TPSA) is 69.7 Å². The second-order valence-corrected chi connectivity index (χ2v) is 10.5. The van der Waals surface area contributed by atoms with Crippen molar-refractivity contribution in [1.29, 1.82) is 0 Å². The zero-order valence-electron chi connectivity index (χ0n) is 20.4. The molecular weight excluding hydrogens is 458 g/mol. The smallest absolute Gasteiger partial charge is 0.319 e. The van der Waals surface area contributed by atoms with Gasteiger partial charge in [-0.15, -0.1) is 0 Å². The average molecular weight is 494 g/mol. The Morgan fingerprint density at radius 2 is 1.86 bits per heavy atom. The van der Waals surface area contributed by atoms with Crippen LogP contribution in [-0.2, 0) is 0 Å². The van der Waals surface area contributed by atoms with Crippen molar-refractivity contribution < 1.29 is 9.53 Å². The molecule has 35 heavy (non-hydrogen) atoms. The van der Waals surface area contributed by atoms with E-state index in [0.29, 0.717) is 0 Å². The molecule has 2 N–H and O–H groups in total. The molecule has 3 aromatic rings. The minimum atomic E-state index is -0.132. The maximum absolute atomic E-state index is 12.4. The van der Waals surface area contributed by atoms with E-state index < -0.39 is 0 Å². The van der Waals surface area contributed by atoms with Gasteiger partial charge in [0.1, 0.15) is 11.6 Å². The van der Waals surface area contributed by atoms with Crippen LogP contribution in [0, 0.1) is 5.92 Å². The summed E-state index contributed by atoms with van der Waals surface area (Å²) in [6, 6.07) is 16.1. The molecule has 2 amide bonds. The van der Waals surface area contributed by atoms with Crippen molar-refractivity contribution >= 4 is 39.2 Å². The fraction of sp³-hybridized carbons (Fsp3) is 0.481. The Hall–Kier alpha value is -2.84. The van der Waals surface area contributed by atoms with E-state index in [1.807, 2.05) is 24.3 Å². The van der Waals surface area contributed by atoms with E-state index in [9.17, 15) is 4.79 Å². The molecule has 7 nitrogen and oxygen atoms in total. The van der Waals surface area contributed by atoms with Gasteiger partial charge in [0.2, 0.25) is 0 Å². The highest BCUT2D eigenvalue weighted by molar-refractivity contribution is 7.13. The van der Waals surface area contributed by atoms with E-state index in [4.69, 9.17) is 9.11 Å². The number of piperazine rings is 1. The standard InChI is InChI=1S/C27H35N5O2S/c1-34-23-6-4-5-22(19-23)29-27(33)28-21-11-9-20(10-12-21)13-14-31-15-17-32(18-16-31)26-24-7-2-3-8-25(24)35-30-26/h2-8,19-21H,9-18H2,1H3,(H2,28,29,33). The van der Waals surface area contributed by atoms with Gasteiger partial charge in [0.05, 0.1) is 11.8 Å². The highest BCUT2D eigenvalue weighted by Gasteiger charge is 2.25. The molecule has 2 aromatic carbocycles. The minimum absolute atomic E-state index is 0.132. The molecule has 1 aliphatic heterocycles. The van der Waals surface area contributed by atoms with Crippen molar-refractivity contribution in [3.8, 4) is 5.75 Å². The van der Waals surface area contributed by atoms with Crippen molar-refractivity contribution in [2.75, 3.05) is 50.1 Å². The van der Waals surface area contributed by atoms with E-state index in [0.717, 1.165) is 62.2 Å². The summed E-state index contributed by atoms with van der Waals surface area (Å²) >= 11 is 1.60. The van der Waals surface area contributed by atoms with Crippen LogP contribution in [-0.4, -0.2) is 61.2 Å². The van der Waals surface area contributed by atoms with Gasteiger partial charge in [-0.1, -0.05) is 18.2 Å². The van der Waals surface area contributed by atoms with Crippen LogP contribution in [0.1, 0.15) is 32.1 Å². The Bertz CT molecular complexity index is 1120. The summed E-state index contributed by atoms with van der Waals surface area (Å²) < 4.78 is 11.2. The highest BCUT2D eigenvalue weighted by atomic mass is 32.1. The van der Waals surface area contributed by atoms with Gasteiger partial charge in [0.15, 0.2) is 0 Å². The number of hydrogen-bond donors (Lipinski definition) is 2. The summed E-state index contributed by atoms with van der Waals surface area (Å²) in [6.07, 6.45) is 5.74. The average Bonchev–Trinajstić information content (AvgIpc) is 3.33. The lowest BCUT2D eigenvalue weighted by molar-refractivity contribution is 0.208. The monoisotopic (exact) mass is 493 g/mol. The number of carbonyl (C=O) groups excluding carboxylic acids is 1. The highest BCUT2D eigenvalue weighted by Crippen LogP contribution is 2.31. The van der Waals surface area contributed by atoms with Gasteiger partial charge in [-0.3, -0.25) is 4.90 Å². The Morgan fingerprint density at radius 3 is 2.66 bits per heavy atom. The van der Waals surface area contributed by atoms with Gasteiger partial charge in [-0.05, 0) is 80.4 Å². The first-order valence-electron chi connectivity index (χ1n) is 12.7. The summed E-state index contributed by atoms with van der Waals surface area (Å²) in [7, 11) is 1.63. The number of amides is 2. The maximum atomic E-state index is 12.4. The Labute approximate surface area is 211 Å². The number of hydrogen-bond acceptors (Lipinski definition) is 6. The number of nitrogens with one attached hydrogen (secondary N) is 2. The summed E-state index contributed by atoms with van der Waals surface area (Å²) in [4.78, 5) is 17.5. The molecule has 0 atom stereocenters. The summed E-state index contributed by atoms with van der Waals surface area (Å²) in [6.45, 7) is 5.48. The number of anilines is 2. The predicted molar refractivity (Wildman–Crippen MR) is 144 cm³/mol. The zero-order valence-corrected chi connectivity index (χ0v) is 21.2. The number of benzene rings is 2. The third kappa shape index (κ3) is 6.05. The molecule has 2 aliphatic rings. The number of carbonyl (C=O) groups is 1. The minimum Gasteiger partial charge on any atom is -0.497 e. The van der Waals surface area contributed by atoms with Crippen LogP contribution in [0.5, 0.6) is 5.75 Å². The van der Waals surface area contributed by atoms with E-state index in [-0.39, 0.29) is 12.1 Å². The molecule has 1 saturated heterocycles. The fourth-order valence-corrected chi connectivity index (χ4v) is 6.09. The molecule has 1 aromatic heterocycles. The fourth-order valence-electron chi connectivity index (χ4n) is 5.30. The van der Waals surface area contributed by atoms with E-state index >= 15 is 0 Å². The lowest BCUT2D eigenvalue weighted by Gasteiger charge is -2.36. The van der Waals surface area contributed by atoms with Crippen LogP contribution in [0.3, 0.4) is 0 Å². The molecule has 2 heterocycles. The van der Waals surface area contributed by atoms with Crippen LogP contribution >= 0.6 is 11.5 Å². The number of methoxy groups -OCH3 is 1. The van der Waals surface area contributed by atoms with Crippen LogP contribution in [0.2, 0.25) is 0 Å². The van der Waals surface area contributed by atoms with Crippen LogP contribution in [0.25, 0.3) is 10.1 Å². The molecule has 2 fully saturated rings. The van der Waals surface area contributed by atoms with Gasteiger partial charge in [-0.2, -0.15) is 4.37 Å². The Morgan fingerprint density at radius 1 is 1.06 bits per heavy atom. The molecule has 186 valence electrons. The molecule has 0 radical (unpaired) electrons. The number of rotatable bonds is 7. The van der Waals surface area contributed by atoms with Crippen LogP contribution in [0.4, 0.5) is 16.3 Å². The van der Waals surface area contributed by atoms with Gasteiger partial charge >= 0.3 is 6.03 Å². The van der Waals surface area contributed by atoms with Crippen molar-refractivity contribution in [3.05, 3.63) is 48.5 Å². The molecule has 0 spiro atoms. The Balaban J connectivity index is 1.00. The molecule has 0 bridgehead atoms. The molecule has 1 saturated carbocycles. The number of ether oxygens (including phenoxy) is 1. The van der Waals surface area contributed by atoms with Gasteiger partial charge in [-0.25, -0.2) is 4.79 Å². The predicted octanol–water partition coefficient (Wildman–Crippen LogP) is 5.20. The molecule has 0 unspecified atom stereocenters. The number of fused-ring (bicyclic) bond motifs is 1. The normalized spacial score (nSPS) is 21.1. The second kappa shape index (κ2) is 11.3. The largest absolute Gasteiger partial charge is 0.497 e. The molecule has 8 heteroatoms. The van der Waals surface area contributed by atoms with Crippen LogP contribution in [0.15, 0.2) is 48.5 Å². The summed E-state index contributed by atoms with van der Waals surface area (Å²) in [5.41, 5.74) is 0.749. The third-order valence-corrected chi connectivity index (χ3v) is 8.21. The van der Waals surface area contributed by atoms with E-state index in [1.54, 1.807) is 18.6 Å². The number of aromatic nitrogens is 1. The van der Waals surface area contributed by atoms with Crippen LogP contribution < -0.4 is 20.3 Å². The molecule has 5 rings (SSSR count). The third-order valence-electron chi connectivity index (χ3n) is 7.39. The Kier molecular flexibility index (Phi) is 7.69. The van der Waals surface area contributed by atoms with Crippen molar-refractivity contribution in [3.63, 3.8) is 0 Å². The summed E-state index contributed by atoms with van der Waals surface area (Å²) in [5, 5.41) is 7.36. The SMILES string of the molecule is COc1cccc(NC(=O)NC2CCC(CCN3CCN(c4nsc5ccccc45)CC3)CC2)c1. The van der Waals surface area contributed by atoms with Crippen molar-refractivity contribution in [2.24, 2.45) is 5.92 Å². The van der Waals surface area contributed by atoms with Gasteiger partial charge in [0, 0.05) is 49.4 Å². The first kappa shape index (κ1) is 23.9. The van der Waals surface area contributed by atoms with E-state index in [2.05, 4.69) is 44.7 Å². The first-order chi connectivity index (χ1) is 17.2. The van der Waals surface area contributed by atoms with Gasteiger partial charge < -0.3 is 20.3 Å². The maximum Gasteiger partial charge on any atom is 0.319 e. The lowest BCUT2D eigenvalue weighted by atomic mass is 9.84. The second-order valence-electron chi connectivity index (χ2n) is 9.67. The lowest BCUT2D eigenvalue weighted by Crippen LogP contribution is -2.47. The first-order valence-corrected chi connectivity index (χ1v) is 13.5.